The van der Waals surface area contributed by atoms with Crippen LogP contribution in [0.5, 0.6) is 0 Å². The summed E-state index contributed by atoms with van der Waals surface area (Å²) in [6.07, 6.45) is 5.31. The summed E-state index contributed by atoms with van der Waals surface area (Å²) >= 11 is 0. The van der Waals surface area contributed by atoms with E-state index in [4.69, 9.17) is 4.52 Å². The van der Waals surface area contributed by atoms with Crippen molar-refractivity contribution in [2.24, 2.45) is 13.0 Å². The molecule has 3 aromatic heterocycles. The van der Waals surface area contributed by atoms with Crippen LogP contribution >= 0.6 is 0 Å². The van der Waals surface area contributed by atoms with Gasteiger partial charge in [0.2, 0.25) is 5.91 Å². The van der Waals surface area contributed by atoms with Crippen LogP contribution in [-0.4, -0.2) is 48.8 Å². The van der Waals surface area contributed by atoms with E-state index in [0.717, 1.165) is 42.9 Å². The summed E-state index contributed by atoms with van der Waals surface area (Å²) in [6.45, 7) is 5.36. The third-order valence-electron chi connectivity index (χ3n) is 5.09. The quantitative estimate of drug-likeness (QED) is 0.691. The highest BCUT2D eigenvalue weighted by Gasteiger charge is 2.28. The van der Waals surface area contributed by atoms with Gasteiger partial charge >= 0.3 is 0 Å². The standard InChI is InChI=1S/C20H24N6O2/c1-13(2)20(27)26-10-5-14(6-11-26)18-22-19(28-24-18)15-4-8-21-17(12-15)16-7-9-25(3)23-16/h4,7-9,12-14H,5-6,10-11H2,1-3H3. The number of hydrogen-bond donors (Lipinski definition) is 0. The van der Waals surface area contributed by atoms with Crippen LogP contribution in [0.2, 0.25) is 0 Å². The Labute approximate surface area is 163 Å². The molecule has 0 saturated carbocycles. The number of aryl methyl sites for hydroxylation is 1. The Balaban J connectivity index is 1.47. The monoisotopic (exact) mass is 380 g/mol. The van der Waals surface area contributed by atoms with Crippen LogP contribution in [0.1, 0.15) is 38.4 Å². The Kier molecular flexibility index (Phi) is 4.93. The predicted octanol–water partition coefficient (Wildman–Crippen LogP) is 2.89. The van der Waals surface area contributed by atoms with Crippen molar-refractivity contribution in [3.63, 3.8) is 0 Å². The zero-order valence-corrected chi connectivity index (χ0v) is 16.4. The molecular formula is C20H24N6O2. The van der Waals surface area contributed by atoms with E-state index in [1.54, 1.807) is 10.9 Å². The average Bonchev–Trinajstić information content (AvgIpc) is 3.37. The molecule has 1 amide bonds. The maximum Gasteiger partial charge on any atom is 0.258 e. The van der Waals surface area contributed by atoms with Crippen LogP contribution in [0.25, 0.3) is 22.8 Å². The largest absolute Gasteiger partial charge is 0.342 e. The molecule has 0 bridgehead atoms. The number of aromatic nitrogens is 5. The number of nitrogens with zero attached hydrogens (tertiary/aromatic N) is 6. The zero-order chi connectivity index (χ0) is 19.7. The molecule has 0 aliphatic carbocycles. The first kappa shape index (κ1) is 18.3. The van der Waals surface area contributed by atoms with Gasteiger partial charge in [-0.25, -0.2) is 0 Å². The van der Waals surface area contributed by atoms with E-state index in [1.165, 1.54) is 0 Å². The second-order valence-electron chi connectivity index (χ2n) is 7.52. The van der Waals surface area contributed by atoms with Crippen molar-refractivity contribution in [2.75, 3.05) is 13.1 Å². The normalized spacial score (nSPS) is 15.4. The maximum atomic E-state index is 12.1. The van der Waals surface area contributed by atoms with E-state index in [9.17, 15) is 4.79 Å². The molecule has 28 heavy (non-hydrogen) atoms. The Morgan fingerprint density at radius 2 is 2.00 bits per heavy atom. The molecule has 8 nitrogen and oxygen atoms in total. The lowest BCUT2D eigenvalue weighted by atomic mass is 9.95. The summed E-state index contributed by atoms with van der Waals surface area (Å²) in [6, 6.07) is 5.68. The summed E-state index contributed by atoms with van der Waals surface area (Å²) in [5, 5.41) is 8.58. The van der Waals surface area contributed by atoms with Crippen molar-refractivity contribution in [3.05, 3.63) is 36.4 Å². The molecule has 0 atom stereocenters. The lowest BCUT2D eigenvalue weighted by molar-refractivity contribution is -0.135. The number of pyridine rings is 1. The Morgan fingerprint density at radius 3 is 2.68 bits per heavy atom. The molecule has 0 radical (unpaired) electrons. The van der Waals surface area contributed by atoms with Gasteiger partial charge in [-0.1, -0.05) is 19.0 Å². The van der Waals surface area contributed by atoms with Gasteiger partial charge < -0.3 is 9.42 Å². The molecule has 0 aromatic carbocycles. The average molecular weight is 380 g/mol. The molecule has 4 heterocycles. The highest BCUT2D eigenvalue weighted by Crippen LogP contribution is 2.29. The number of rotatable bonds is 4. The van der Waals surface area contributed by atoms with E-state index in [-0.39, 0.29) is 17.7 Å². The fourth-order valence-corrected chi connectivity index (χ4v) is 3.50. The molecule has 1 aliphatic heterocycles. The molecule has 1 fully saturated rings. The fourth-order valence-electron chi connectivity index (χ4n) is 3.50. The van der Waals surface area contributed by atoms with Gasteiger partial charge in [0.1, 0.15) is 5.69 Å². The van der Waals surface area contributed by atoms with Crippen molar-refractivity contribution >= 4 is 5.91 Å². The van der Waals surface area contributed by atoms with Crippen LogP contribution in [0.4, 0.5) is 0 Å². The number of amides is 1. The van der Waals surface area contributed by atoms with Crippen LogP contribution in [0.3, 0.4) is 0 Å². The highest BCUT2D eigenvalue weighted by atomic mass is 16.5. The number of hydrogen-bond acceptors (Lipinski definition) is 6. The zero-order valence-electron chi connectivity index (χ0n) is 16.4. The van der Waals surface area contributed by atoms with E-state index in [0.29, 0.717) is 11.7 Å². The summed E-state index contributed by atoms with van der Waals surface area (Å²) in [5.74, 6) is 1.66. The van der Waals surface area contributed by atoms with Gasteiger partial charge in [-0.15, -0.1) is 0 Å². The SMILES string of the molecule is CC(C)C(=O)N1CCC(c2noc(-c3ccnc(-c4ccn(C)n4)c3)n2)CC1. The van der Waals surface area contributed by atoms with Crippen molar-refractivity contribution in [2.45, 2.75) is 32.6 Å². The highest BCUT2D eigenvalue weighted by molar-refractivity contribution is 5.78. The second-order valence-corrected chi connectivity index (χ2v) is 7.52. The molecule has 1 saturated heterocycles. The Hall–Kier alpha value is -3.03. The fraction of sp³-hybridized carbons (Fsp3) is 0.450. The van der Waals surface area contributed by atoms with Crippen molar-refractivity contribution in [1.29, 1.82) is 0 Å². The predicted molar refractivity (Wildman–Crippen MR) is 103 cm³/mol. The summed E-state index contributed by atoms with van der Waals surface area (Å²) in [7, 11) is 1.87. The minimum atomic E-state index is 0.0355. The third kappa shape index (κ3) is 3.67. The van der Waals surface area contributed by atoms with Gasteiger partial charge in [0.15, 0.2) is 5.82 Å². The minimum Gasteiger partial charge on any atom is -0.342 e. The van der Waals surface area contributed by atoms with Gasteiger partial charge in [0.25, 0.3) is 5.89 Å². The third-order valence-corrected chi connectivity index (χ3v) is 5.09. The van der Waals surface area contributed by atoms with E-state index < -0.39 is 0 Å². The topological polar surface area (TPSA) is 89.9 Å². The number of carbonyl (C=O) groups excluding carboxylic acids is 1. The van der Waals surface area contributed by atoms with Crippen LogP contribution in [0, 0.1) is 5.92 Å². The Morgan fingerprint density at radius 1 is 1.21 bits per heavy atom. The molecule has 0 N–H and O–H groups in total. The van der Waals surface area contributed by atoms with Gasteiger partial charge in [0.05, 0.1) is 5.69 Å². The molecule has 3 aromatic rings. The first-order valence-corrected chi connectivity index (χ1v) is 9.60. The van der Waals surface area contributed by atoms with Crippen LogP contribution in [0.15, 0.2) is 35.1 Å². The first-order valence-electron chi connectivity index (χ1n) is 9.60. The van der Waals surface area contributed by atoms with Crippen molar-refractivity contribution in [1.82, 2.24) is 29.8 Å². The van der Waals surface area contributed by atoms with Gasteiger partial charge in [-0.3, -0.25) is 14.5 Å². The second kappa shape index (κ2) is 7.53. The molecule has 4 rings (SSSR count). The van der Waals surface area contributed by atoms with Crippen LogP contribution in [-0.2, 0) is 11.8 Å². The molecular weight excluding hydrogens is 356 g/mol. The van der Waals surface area contributed by atoms with E-state index in [2.05, 4.69) is 20.2 Å². The lowest BCUT2D eigenvalue weighted by Gasteiger charge is -2.31. The molecule has 0 spiro atoms. The maximum absolute atomic E-state index is 12.1. The smallest absolute Gasteiger partial charge is 0.258 e. The van der Waals surface area contributed by atoms with Gasteiger partial charge in [-0.05, 0) is 31.0 Å². The number of likely N-dealkylation sites (tertiary alicyclic amines) is 1. The van der Waals surface area contributed by atoms with Gasteiger partial charge in [-0.2, -0.15) is 10.1 Å². The van der Waals surface area contributed by atoms with E-state index >= 15 is 0 Å². The van der Waals surface area contributed by atoms with Crippen molar-refractivity contribution in [3.8, 4) is 22.8 Å². The molecule has 146 valence electrons. The van der Waals surface area contributed by atoms with Crippen molar-refractivity contribution < 1.29 is 9.32 Å². The summed E-state index contributed by atoms with van der Waals surface area (Å²) in [5.41, 5.74) is 2.38. The summed E-state index contributed by atoms with van der Waals surface area (Å²) < 4.78 is 7.26. The summed E-state index contributed by atoms with van der Waals surface area (Å²) in [4.78, 5) is 23.1. The minimum absolute atomic E-state index is 0.0355. The molecule has 8 heteroatoms. The van der Waals surface area contributed by atoms with Crippen LogP contribution < -0.4 is 0 Å². The molecule has 1 aliphatic rings. The molecule has 0 unspecified atom stereocenters. The number of piperidine rings is 1. The number of carbonyl (C=O) groups is 1. The Bertz CT molecular complexity index is 968. The van der Waals surface area contributed by atoms with Gasteiger partial charge in [0, 0.05) is 49.9 Å². The van der Waals surface area contributed by atoms with E-state index in [1.807, 2.05) is 50.2 Å². The lowest BCUT2D eigenvalue weighted by Crippen LogP contribution is -2.40. The first-order chi connectivity index (χ1) is 13.5.